The number of nitrogens with one attached hydrogen (secondary N) is 1. The molecule has 1 aromatic carbocycles. The molecule has 0 saturated heterocycles. The monoisotopic (exact) mass is 302 g/mol. The summed E-state index contributed by atoms with van der Waals surface area (Å²) in [7, 11) is 0. The Kier molecular flexibility index (Phi) is 6.24. The summed E-state index contributed by atoms with van der Waals surface area (Å²) in [6, 6.07) is 4.00. The van der Waals surface area contributed by atoms with Gasteiger partial charge in [0.25, 0.3) is 0 Å². The van der Waals surface area contributed by atoms with Crippen LogP contribution in [0.5, 0.6) is 0 Å². The minimum absolute atomic E-state index is 0.0629. The summed E-state index contributed by atoms with van der Waals surface area (Å²) < 4.78 is 17.8. The van der Waals surface area contributed by atoms with Gasteiger partial charge in [0.2, 0.25) is 5.91 Å². The predicted octanol–water partition coefficient (Wildman–Crippen LogP) is 2.58. The molecule has 0 heterocycles. The summed E-state index contributed by atoms with van der Waals surface area (Å²) in [6.07, 6.45) is -0.548. The molecule has 0 saturated carbocycles. The number of carbonyl (C=O) groups is 2. The van der Waals surface area contributed by atoms with Gasteiger partial charge in [0, 0.05) is 25.7 Å². The molecule has 1 rings (SSSR count). The van der Waals surface area contributed by atoms with Crippen LogP contribution in [0.3, 0.4) is 0 Å². The molecular formula is C13H16ClFN2O3. The summed E-state index contributed by atoms with van der Waals surface area (Å²) in [6.45, 7) is 3.79. The van der Waals surface area contributed by atoms with Crippen LogP contribution >= 0.6 is 11.6 Å². The summed E-state index contributed by atoms with van der Waals surface area (Å²) in [5, 5.41) is 2.44. The van der Waals surface area contributed by atoms with E-state index in [4.69, 9.17) is 16.3 Å². The Morgan fingerprint density at radius 3 is 2.70 bits per heavy atom. The fraction of sp³-hybridized carbons (Fsp3) is 0.385. The standard InChI is InChI=1S/C13H16ClFN2O3/c1-3-20-13(19)16-6-7-17(9(2)18)10-4-5-12(15)11(14)8-10/h4-5,8H,3,6-7H2,1-2H3,(H,16,19). The van der Waals surface area contributed by atoms with E-state index in [0.717, 1.165) is 0 Å². The lowest BCUT2D eigenvalue weighted by Gasteiger charge is -2.21. The quantitative estimate of drug-likeness (QED) is 0.909. The third-order valence-electron chi connectivity index (χ3n) is 2.48. The first-order chi connectivity index (χ1) is 9.45. The van der Waals surface area contributed by atoms with Crippen molar-refractivity contribution in [2.24, 2.45) is 0 Å². The zero-order valence-corrected chi connectivity index (χ0v) is 12.0. The van der Waals surface area contributed by atoms with Crippen LogP contribution in [0.4, 0.5) is 14.9 Å². The Hall–Kier alpha value is -1.82. The van der Waals surface area contributed by atoms with Crippen molar-refractivity contribution < 1.29 is 18.7 Å². The molecule has 0 spiro atoms. The molecule has 0 bridgehead atoms. The number of alkyl carbamates (subject to hydrolysis) is 1. The maximum absolute atomic E-state index is 13.1. The van der Waals surface area contributed by atoms with Crippen molar-refractivity contribution in [3.8, 4) is 0 Å². The van der Waals surface area contributed by atoms with Gasteiger partial charge in [-0.1, -0.05) is 11.6 Å². The molecule has 0 aromatic heterocycles. The average Bonchev–Trinajstić information content (AvgIpc) is 2.38. The third-order valence-corrected chi connectivity index (χ3v) is 2.76. The highest BCUT2D eigenvalue weighted by Gasteiger charge is 2.13. The molecule has 0 aliphatic rings. The van der Waals surface area contributed by atoms with Crippen LogP contribution in [-0.2, 0) is 9.53 Å². The van der Waals surface area contributed by atoms with Crippen molar-refractivity contribution in [3.63, 3.8) is 0 Å². The van der Waals surface area contributed by atoms with E-state index in [9.17, 15) is 14.0 Å². The highest BCUT2D eigenvalue weighted by Crippen LogP contribution is 2.22. The van der Waals surface area contributed by atoms with Gasteiger partial charge >= 0.3 is 6.09 Å². The molecule has 1 aromatic rings. The molecule has 20 heavy (non-hydrogen) atoms. The molecule has 0 atom stereocenters. The van der Waals surface area contributed by atoms with Crippen LogP contribution in [0.15, 0.2) is 18.2 Å². The highest BCUT2D eigenvalue weighted by molar-refractivity contribution is 6.31. The lowest BCUT2D eigenvalue weighted by molar-refractivity contribution is -0.116. The average molecular weight is 303 g/mol. The number of anilines is 1. The Bertz CT molecular complexity index is 497. The first-order valence-electron chi connectivity index (χ1n) is 6.09. The van der Waals surface area contributed by atoms with Crippen molar-refractivity contribution in [2.75, 3.05) is 24.6 Å². The van der Waals surface area contributed by atoms with Crippen molar-refractivity contribution in [2.45, 2.75) is 13.8 Å². The predicted molar refractivity (Wildman–Crippen MR) is 74.5 cm³/mol. The number of hydrogen-bond acceptors (Lipinski definition) is 3. The molecular weight excluding hydrogens is 287 g/mol. The van der Waals surface area contributed by atoms with Crippen LogP contribution in [0.1, 0.15) is 13.8 Å². The van der Waals surface area contributed by atoms with Crippen molar-refractivity contribution in [1.29, 1.82) is 0 Å². The molecule has 7 heteroatoms. The van der Waals surface area contributed by atoms with E-state index < -0.39 is 11.9 Å². The van der Waals surface area contributed by atoms with Gasteiger partial charge in [0.15, 0.2) is 0 Å². The van der Waals surface area contributed by atoms with Gasteiger partial charge in [0.05, 0.1) is 11.6 Å². The lowest BCUT2D eigenvalue weighted by Crippen LogP contribution is -2.37. The smallest absolute Gasteiger partial charge is 0.407 e. The number of hydrogen-bond donors (Lipinski definition) is 1. The van der Waals surface area contributed by atoms with Crippen LogP contribution in [0.25, 0.3) is 0 Å². The van der Waals surface area contributed by atoms with Gasteiger partial charge in [-0.3, -0.25) is 4.79 Å². The van der Waals surface area contributed by atoms with Gasteiger partial charge in [0.1, 0.15) is 5.82 Å². The highest BCUT2D eigenvalue weighted by atomic mass is 35.5. The Morgan fingerprint density at radius 2 is 2.15 bits per heavy atom. The number of benzene rings is 1. The Labute approximate surface area is 121 Å². The van der Waals surface area contributed by atoms with E-state index in [1.807, 2.05) is 0 Å². The number of rotatable bonds is 5. The third kappa shape index (κ3) is 4.70. The largest absolute Gasteiger partial charge is 0.450 e. The van der Waals surface area contributed by atoms with Crippen LogP contribution in [-0.4, -0.2) is 31.7 Å². The fourth-order valence-electron chi connectivity index (χ4n) is 1.57. The first kappa shape index (κ1) is 16.2. The number of halogens is 2. The maximum Gasteiger partial charge on any atom is 0.407 e. The zero-order valence-electron chi connectivity index (χ0n) is 11.3. The molecule has 5 nitrogen and oxygen atoms in total. The number of nitrogens with zero attached hydrogens (tertiary/aromatic N) is 1. The second-order valence-electron chi connectivity index (χ2n) is 3.92. The molecule has 0 aliphatic heterocycles. The topological polar surface area (TPSA) is 58.6 Å². The van der Waals surface area contributed by atoms with E-state index in [2.05, 4.69) is 5.32 Å². The lowest BCUT2D eigenvalue weighted by atomic mass is 10.2. The number of amides is 2. The second-order valence-corrected chi connectivity index (χ2v) is 4.32. The van der Waals surface area contributed by atoms with Crippen LogP contribution in [0, 0.1) is 5.82 Å². The van der Waals surface area contributed by atoms with Gasteiger partial charge < -0.3 is 15.0 Å². The fourth-order valence-corrected chi connectivity index (χ4v) is 1.75. The Morgan fingerprint density at radius 1 is 1.45 bits per heavy atom. The SMILES string of the molecule is CCOC(=O)NCCN(C(C)=O)c1ccc(F)c(Cl)c1. The van der Waals surface area contributed by atoms with Crippen molar-refractivity contribution in [3.05, 3.63) is 29.0 Å². The minimum Gasteiger partial charge on any atom is -0.450 e. The van der Waals surface area contributed by atoms with E-state index in [0.29, 0.717) is 5.69 Å². The van der Waals surface area contributed by atoms with E-state index in [-0.39, 0.29) is 30.6 Å². The molecule has 0 fully saturated rings. The second kappa shape index (κ2) is 7.69. The van der Waals surface area contributed by atoms with Crippen LogP contribution < -0.4 is 10.2 Å². The molecule has 0 radical (unpaired) electrons. The van der Waals surface area contributed by atoms with Gasteiger partial charge in [-0.25, -0.2) is 9.18 Å². The normalized spacial score (nSPS) is 10.0. The summed E-state index contributed by atoms with van der Waals surface area (Å²) in [5.74, 6) is -0.790. The van der Waals surface area contributed by atoms with E-state index in [1.165, 1.54) is 30.0 Å². The molecule has 0 unspecified atom stereocenters. The molecule has 110 valence electrons. The van der Waals surface area contributed by atoms with Gasteiger partial charge in [-0.2, -0.15) is 0 Å². The van der Waals surface area contributed by atoms with Gasteiger partial charge in [-0.15, -0.1) is 0 Å². The summed E-state index contributed by atoms with van der Waals surface area (Å²) >= 11 is 5.69. The maximum atomic E-state index is 13.1. The zero-order chi connectivity index (χ0) is 15.1. The first-order valence-corrected chi connectivity index (χ1v) is 6.47. The van der Waals surface area contributed by atoms with Crippen molar-refractivity contribution in [1.82, 2.24) is 5.32 Å². The molecule has 2 amide bonds. The van der Waals surface area contributed by atoms with Crippen molar-refractivity contribution >= 4 is 29.3 Å². The summed E-state index contributed by atoms with van der Waals surface area (Å²) in [4.78, 5) is 24.1. The Balaban J connectivity index is 2.67. The number of carbonyl (C=O) groups excluding carboxylic acids is 2. The minimum atomic E-state index is -0.552. The van der Waals surface area contributed by atoms with Gasteiger partial charge in [-0.05, 0) is 25.1 Å². The summed E-state index contributed by atoms with van der Waals surface area (Å²) in [5.41, 5.74) is 0.467. The molecule has 1 N–H and O–H groups in total. The van der Waals surface area contributed by atoms with E-state index in [1.54, 1.807) is 6.92 Å². The molecule has 0 aliphatic carbocycles. The number of ether oxygens (including phenoxy) is 1. The van der Waals surface area contributed by atoms with E-state index >= 15 is 0 Å². The van der Waals surface area contributed by atoms with Crippen LogP contribution in [0.2, 0.25) is 5.02 Å².